The molecule has 0 fully saturated rings. The van der Waals surface area contributed by atoms with Gasteiger partial charge in [-0.1, -0.05) is 52.4 Å². The number of amides is 2. The standard InChI is InChI=1S/C38H60N2O2Se2/c1-3-5-7-9-11-13-15-17-19-25-31-39-37(41)33-27-21-23-29-35(33)43-44-36-30-24-22-28-34(36)38(42)40-32-26-20-18-16-14-12-10-8-6-4-2/h21-24,27-30H,3-20,25-26,31-32H2,1-2H3,(H,39,41)(H,40,42). The topological polar surface area (TPSA) is 58.2 Å². The molecule has 0 atom stereocenters. The molecule has 0 saturated carbocycles. The van der Waals surface area contributed by atoms with Crippen molar-refractivity contribution in [3.63, 3.8) is 0 Å². The van der Waals surface area contributed by atoms with E-state index in [1.54, 1.807) is 0 Å². The fourth-order valence-corrected chi connectivity index (χ4v) is 12.5. The molecule has 0 bridgehead atoms. The Hall–Kier alpha value is -1.58. The maximum absolute atomic E-state index is 13.0. The van der Waals surface area contributed by atoms with E-state index in [1.807, 2.05) is 36.4 Å². The first-order valence-corrected chi connectivity index (χ1v) is 23.8. The number of rotatable bonds is 27. The van der Waals surface area contributed by atoms with E-state index in [0.29, 0.717) is 0 Å². The van der Waals surface area contributed by atoms with Gasteiger partial charge in [0.25, 0.3) is 0 Å². The van der Waals surface area contributed by atoms with Crippen LogP contribution in [0.2, 0.25) is 0 Å². The van der Waals surface area contributed by atoms with Crippen molar-refractivity contribution in [2.45, 2.75) is 142 Å². The van der Waals surface area contributed by atoms with Crippen LogP contribution >= 0.6 is 0 Å². The minimum atomic E-state index is 0.0386. The Balaban J connectivity index is 1.68. The second-order valence-electron chi connectivity index (χ2n) is 12.0. The van der Waals surface area contributed by atoms with E-state index in [4.69, 9.17) is 0 Å². The van der Waals surface area contributed by atoms with Crippen LogP contribution in [0.25, 0.3) is 0 Å². The quantitative estimate of drug-likeness (QED) is 0.0718. The van der Waals surface area contributed by atoms with Crippen LogP contribution in [-0.4, -0.2) is 51.2 Å². The molecule has 4 nitrogen and oxygen atoms in total. The van der Waals surface area contributed by atoms with E-state index >= 15 is 0 Å². The third-order valence-corrected chi connectivity index (χ3v) is 15.4. The van der Waals surface area contributed by atoms with Gasteiger partial charge in [-0.05, 0) is 0 Å². The van der Waals surface area contributed by atoms with Gasteiger partial charge in [-0.25, -0.2) is 0 Å². The molecule has 0 aromatic heterocycles. The van der Waals surface area contributed by atoms with Gasteiger partial charge in [0.15, 0.2) is 0 Å². The molecule has 0 spiro atoms. The Morgan fingerprint density at radius 3 is 1.09 bits per heavy atom. The van der Waals surface area contributed by atoms with Crippen LogP contribution in [-0.2, 0) is 0 Å². The predicted molar refractivity (Wildman–Crippen MR) is 192 cm³/mol. The molecule has 2 amide bonds. The van der Waals surface area contributed by atoms with Crippen molar-refractivity contribution in [1.29, 1.82) is 0 Å². The molecule has 6 heteroatoms. The zero-order valence-electron chi connectivity index (χ0n) is 27.8. The normalized spacial score (nSPS) is 11.0. The molecule has 0 aliphatic rings. The Morgan fingerprint density at radius 2 is 0.750 bits per heavy atom. The van der Waals surface area contributed by atoms with Gasteiger partial charge in [0.2, 0.25) is 0 Å². The zero-order valence-corrected chi connectivity index (χ0v) is 31.2. The smallest absolute Gasteiger partial charge is 0.0654 e. The molecule has 2 aromatic carbocycles. The van der Waals surface area contributed by atoms with E-state index in [2.05, 4.69) is 36.6 Å². The average Bonchev–Trinajstić information content (AvgIpc) is 3.05. The monoisotopic (exact) mass is 736 g/mol. The van der Waals surface area contributed by atoms with Crippen LogP contribution in [0.4, 0.5) is 0 Å². The first-order valence-electron chi connectivity index (χ1n) is 17.8. The number of carbonyl (C=O) groups excluding carboxylic acids is 2. The minimum absolute atomic E-state index is 0.0386. The number of hydrogen-bond acceptors (Lipinski definition) is 2. The van der Waals surface area contributed by atoms with Gasteiger partial charge in [-0.2, -0.15) is 0 Å². The van der Waals surface area contributed by atoms with Gasteiger partial charge in [-0.15, -0.1) is 0 Å². The van der Waals surface area contributed by atoms with E-state index in [0.717, 1.165) is 46.0 Å². The molecule has 44 heavy (non-hydrogen) atoms. The SMILES string of the molecule is CCCCCCCCCCCCNC(=O)c1ccccc1[Se][Se]c1ccccc1C(=O)NCCCCCCCCCCCC. The minimum Gasteiger partial charge on any atom is -0.0654 e. The molecule has 2 N–H and O–H groups in total. The van der Waals surface area contributed by atoms with Crippen molar-refractivity contribution in [2.24, 2.45) is 0 Å². The molecule has 0 aliphatic heterocycles. The Morgan fingerprint density at radius 1 is 0.455 bits per heavy atom. The van der Waals surface area contributed by atoms with Crippen molar-refractivity contribution in [3.8, 4) is 0 Å². The van der Waals surface area contributed by atoms with Gasteiger partial charge in [-0.3, -0.25) is 0 Å². The molecule has 0 unspecified atom stereocenters. The summed E-state index contributed by atoms with van der Waals surface area (Å²) in [5, 5.41) is 6.32. The van der Waals surface area contributed by atoms with Crippen molar-refractivity contribution >= 4 is 47.0 Å². The van der Waals surface area contributed by atoms with Gasteiger partial charge in [0.05, 0.1) is 0 Å². The zero-order chi connectivity index (χ0) is 31.5. The Labute approximate surface area is 281 Å². The van der Waals surface area contributed by atoms with Crippen molar-refractivity contribution in [3.05, 3.63) is 59.7 Å². The summed E-state index contributed by atoms with van der Waals surface area (Å²) in [6.07, 6.45) is 25.9. The van der Waals surface area contributed by atoms with Crippen LogP contribution in [0.15, 0.2) is 48.5 Å². The number of unbranched alkanes of at least 4 members (excludes halogenated alkanes) is 18. The van der Waals surface area contributed by atoms with Gasteiger partial charge < -0.3 is 0 Å². The maximum atomic E-state index is 13.0. The average molecular weight is 735 g/mol. The summed E-state index contributed by atoms with van der Waals surface area (Å²) in [5.74, 6) is 0.0773. The second-order valence-corrected chi connectivity index (χ2v) is 18.2. The van der Waals surface area contributed by atoms with Crippen molar-refractivity contribution in [2.75, 3.05) is 13.1 Å². The fraction of sp³-hybridized carbons (Fsp3) is 0.632. The van der Waals surface area contributed by atoms with Gasteiger partial charge >= 0.3 is 230 Å². The van der Waals surface area contributed by atoms with Crippen molar-refractivity contribution in [1.82, 2.24) is 10.6 Å². The van der Waals surface area contributed by atoms with Crippen LogP contribution in [0.1, 0.15) is 163 Å². The van der Waals surface area contributed by atoms with Crippen LogP contribution in [0, 0.1) is 0 Å². The van der Waals surface area contributed by atoms with E-state index in [-0.39, 0.29) is 38.1 Å². The molecule has 0 heterocycles. The summed E-state index contributed by atoms with van der Waals surface area (Å²) in [7, 11) is 0. The van der Waals surface area contributed by atoms with E-state index in [1.165, 1.54) is 116 Å². The summed E-state index contributed by atoms with van der Waals surface area (Å²) in [6, 6.07) is 16.0. The summed E-state index contributed by atoms with van der Waals surface area (Å²) in [5.41, 5.74) is 1.59. The van der Waals surface area contributed by atoms with E-state index in [9.17, 15) is 9.59 Å². The summed E-state index contributed by atoms with van der Waals surface area (Å²) in [6.45, 7) is 6.01. The molecule has 0 saturated heterocycles. The molecule has 0 radical (unpaired) electrons. The third-order valence-electron chi connectivity index (χ3n) is 8.12. The van der Waals surface area contributed by atoms with Gasteiger partial charge in [0.1, 0.15) is 0 Å². The van der Waals surface area contributed by atoms with Gasteiger partial charge in [0, 0.05) is 0 Å². The number of nitrogens with one attached hydrogen (secondary N) is 2. The summed E-state index contributed by atoms with van der Waals surface area (Å²) < 4.78 is 2.25. The number of benzene rings is 2. The summed E-state index contributed by atoms with van der Waals surface area (Å²) >= 11 is 0.232. The van der Waals surface area contributed by atoms with Crippen LogP contribution < -0.4 is 19.6 Å². The molecular formula is C38H60N2O2Se2. The van der Waals surface area contributed by atoms with E-state index < -0.39 is 0 Å². The molecular weight excluding hydrogens is 674 g/mol. The molecule has 2 aromatic rings. The summed E-state index contributed by atoms with van der Waals surface area (Å²) in [4.78, 5) is 26.1. The third kappa shape index (κ3) is 17.8. The Kier molecular flexibility index (Phi) is 23.4. The fourth-order valence-electron chi connectivity index (χ4n) is 5.36. The number of hydrogen-bond donors (Lipinski definition) is 2. The van der Waals surface area contributed by atoms with Crippen LogP contribution in [0.5, 0.6) is 0 Å². The van der Waals surface area contributed by atoms with Crippen LogP contribution in [0.3, 0.4) is 0 Å². The first-order chi connectivity index (χ1) is 21.7. The first kappa shape index (κ1) is 38.6. The van der Waals surface area contributed by atoms with Crippen molar-refractivity contribution < 1.29 is 9.59 Å². The molecule has 0 aliphatic carbocycles. The second kappa shape index (κ2) is 26.6. The Bertz CT molecular complexity index is 948. The molecule has 246 valence electrons. The molecule has 2 rings (SSSR count). The number of carbonyl (C=O) groups is 2. The predicted octanol–water partition coefficient (Wildman–Crippen LogP) is 8.26.